The van der Waals surface area contributed by atoms with Gasteiger partial charge in [0.05, 0.1) is 11.3 Å². The van der Waals surface area contributed by atoms with Crippen molar-refractivity contribution in [2.45, 2.75) is 11.0 Å². The van der Waals surface area contributed by atoms with Crippen molar-refractivity contribution in [1.82, 2.24) is 9.80 Å². The van der Waals surface area contributed by atoms with E-state index in [1.54, 1.807) is 76.7 Å². The van der Waals surface area contributed by atoms with E-state index in [1.807, 2.05) is 6.07 Å². The maximum absolute atomic E-state index is 12.9. The Labute approximate surface area is 169 Å². The Kier molecular flexibility index (Phi) is 7.63. The van der Waals surface area contributed by atoms with E-state index in [2.05, 4.69) is 0 Å². The predicted molar refractivity (Wildman–Crippen MR) is 109 cm³/mol. The van der Waals surface area contributed by atoms with Crippen LogP contribution < -0.4 is 0 Å². The fourth-order valence-electron chi connectivity index (χ4n) is 2.32. The summed E-state index contributed by atoms with van der Waals surface area (Å²) in [7, 11) is 6.59. The lowest BCUT2D eigenvalue weighted by Crippen LogP contribution is -2.31. The molecule has 28 heavy (non-hydrogen) atoms. The van der Waals surface area contributed by atoms with Crippen molar-refractivity contribution in [2.75, 3.05) is 33.9 Å². The van der Waals surface area contributed by atoms with Crippen LogP contribution in [0, 0.1) is 0 Å². The molecule has 7 heteroatoms. The van der Waals surface area contributed by atoms with Crippen molar-refractivity contribution in [2.24, 2.45) is 0 Å². The summed E-state index contributed by atoms with van der Waals surface area (Å²) in [5.74, 6) is -0.786. The summed E-state index contributed by atoms with van der Waals surface area (Å²) in [5.41, 5.74) is 0.925. The van der Waals surface area contributed by atoms with Crippen molar-refractivity contribution in [3.63, 3.8) is 0 Å². The Morgan fingerprint density at radius 2 is 1.50 bits per heavy atom. The lowest BCUT2D eigenvalue weighted by Gasteiger charge is -2.21. The number of hydrogen-bond donors (Lipinski definition) is 0. The summed E-state index contributed by atoms with van der Waals surface area (Å²) in [6, 6.07) is 15.8. The summed E-state index contributed by atoms with van der Waals surface area (Å²) in [4.78, 5) is 40.8. The fourth-order valence-corrected chi connectivity index (χ4v) is 3.34. The molecule has 0 saturated heterocycles. The molecular weight excluding hydrogens is 376 g/mol. The van der Waals surface area contributed by atoms with Crippen LogP contribution in [0.2, 0.25) is 0 Å². The SMILES string of the molecule is CN(C)C(=O)CSc1ccccc1C(=O)OC(C(=O)N(C)C)c1ccccc1. The number of carbonyl (C=O) groups excluding carboxylic acids is 3. The third-order valence-electron chi connectivity index (χ3n) is 3.95. The van der Waals surface area contributed by atoms with Crippen LogP contribution in [0.3, 0.4) is 0 Å². The molecule has 1 unspecified atom stereocenters. The quantitative estimate of drug-likeness (QED) is 0.528. The molecule has 0 spiro atoms. The summed E-state index contributed by atoms with van der Waals surface area (Å²) >= 11 is 1.26. The highest BCUT2D eigenvalue weighted by molar-refractivity contribution is 8.00. The normalized spacial score (nSPS) is 11.4. The Morgan fingerprint density at radius 1 is 0.893 bits per heavy atom. The van der Waals surface area contributed by atoms with Gasteiger partial charge in [-0.05, 0) is 12.1 Å². The Morgan fingerprint density at radius 3 is 2.11 bits per heavy atom. The number of likely N-dealkylation sites (N-methyl/N-ethyl adjacent to an activating group) is 1. The highest BCUT2D eigenvalue weighted by atomic mass is 32.2. The fraction of sp³-hybridized carbons (Fsp3) is 0.286. The smallest absolute Gasteiger partial charge is 0.340 e. The van der Waals surface area contributed by atoms with Crippen LogP contribution in [-0.4, -0.2) is 61.5 Å². The minimum absolute atomic E-state index is 0.0573. The van der Waals surface area contributed by atoms with E-state index >= 15 is 0 Å². The summed E-state index contributed by atoms with van der Waals surface area (Å²) in [6.45, 7) is 0. The van der Waals surface area contributed by atoms with Crippen LogP contribution in [0.5, 0.6) is 0 Å². The Balaban J connectivity index is 2.24. The molecule has 0 aliphatic heterocycles. The standard InChI is InChI=1S/C21H24N2O4S/c1-22(2)18(24)14-28-17-13-9-8-12-16(17)21(26)27-19(20(25)23(3)4)15-10-6-5-7-11-15/h5-13,19H,14H2,1-4H3. The molecule has 2 aromatic carbocycles. The number of benzene rings is 2. The van der Waals surface area contributed by atoms with Gasteiger partial charge in [0.25, 0.3) is 5.91 Å². The number of carbonyl (C=O) groups is 3. The van der Waals surface area contributed by atoms with Gasteiger partial charge in [-0.3, -0.25) is 9.59 Å². The molecule has 1 atom stereocenters. The predicted octanol–water partition coefficient (Wildman–Crippen LogP) is 2.85. The molecule has 0 fully saturated rings. The Hall–Kier alpha value is -2.80. The summed E-state index contributed by atoms with van der Waals surface area (Å²) in [5, 5.41) is 0. The van der Waals surface area contributed by atoms with Crippen molar-refractivity contribution in [1.29, 1.82) is 0 Å². The number of nitrogens with zero attached hydrogens (tertiary/aromatic N) is 2. The van der Waals surface area contributed by atoms with Gasteiger partial charge in [-0.15, -0.1) is 11.8 Å². The van der Waals surface area contributed by atoms with Crippen molar-refractivity contribution in [3.05, 3.63) is 65.7 Å². The maximum atomic E-state index is 12.9. The lowest BCUT2D eigenvalue weighted by atomic mass is 10.1. The van der Waals surface area contributed by atoms with Crippen LogP contribution in [0.1, 0.15) is 22.0 Å². The number of hydrogen-bond acceptors (Lipinski definition) is 5. The van der Waals surface area contributed by atoms with Crippen LogP contribution in [0.15, 0.2) is 59.5 Å². The van der Waals surface area contributed by atoms with Gasteiger partial charge in [0.2, 0.25) is 12.0 Å². The largest absolute Gasteiger partial charge is 0.444 e. The van der Waals surface area contributed by atoms with E-state index in [4.69, 9.17) is 4.74 Å². The average molecular weight is 401 g/mol. The van der Waals surface area contributed by atoms with Crippen molar-refractivity contribution in [3.8, 4) is 0 Å². The van der Waals surface area contributed by atoms with Crippen molar-refractivity contribution >= 4 is 29.5 Å². The van der Waals surface area contributed by atoms with E-state index in [0.29, 0.717) is 16.0 Å². The highest BCUT2D eigenvalue weighted by Gasteiger charge is 2.28. The van der Waals surface area contributed by atoms with E-state index in [9.17, 15) is 14.4 Å². The molecule has 0 radical (unpaired) electrons. The van der Waals surface area contributed by atoms with Gasteiger partial charge in [-0.1, -0.05) is 42.5 Å². The van der Waals surface area contributed by atoms with E-state index in [1.165, 1.54) is 21.6 Å². The molecule has 0 heterocycles. The van der Waals surface area contributed by atoms with Gasteiger partial charge in [0, 0.05) is 38.6 Å². The zero-order valence-electron chi connectivity index (χ0n) is 16.4. The topological polar surface area (TPSA) is 66.9 Å². The molecule has 2 amide bonds. The molecule has 2 aromatic rings. The van der Waals surface area contributed by atoms with E-state index in [-0.39, 0.29) is 17.6 Å². The first-order chi connectivity index (χ1) is 13.3. The molecule has 0 bridgehead atoms. The highest BCUT2D eigenvalue weighted by Crippen LogP contribution is 2.27. The molecule has 2 rings (SSSR count). The van der Waals surface area contributed by atoms with Gasteiger partial charge in [-0.2, -0.15) is 0 Å². The van der Waals surface area contributed by atoms with Crippen LogP contribution >= 0.6 is 11.8 Å². The van der Waals surface area contributed by atoms with Crippen LogP contribution in [0.4, 0.5) is 0 Å². The minimum atomic E-state index is -1.04. The van der Waals surface area contributed by atoms with E-state index < -0.39 is 12.1 Å². The molecule has 0 saturated carbocycles. The summed E-state index contributed by atoms with van der Waals surface area (Å²) in [6.07, 6.45) is -1.04. The molecule has 148 valence electrons. The van der Waals surface area contributed by atoms with Gasteiger partial charge in [-0.25, -0.2) is 4.79 Å². The number of esters is 1. The third-order valence-corrected chi connectivity index (χ3v) is 5.01. The second-order valence-electron chi connectivity index (χ2n) is 6.50. The third kappa shape index (κ3) is 5.60. The van der Waals surface area contributed by atoms with E-state index in [0.717, 1.165) is 0 Å². The molecule has 0 aliphatic rings. The number of thioether (sulfide) groups is 1. The first-order valence-electron chi connectivity index (χ1n) is 8.70. The number of ether oxygens (including phenoxy) is 1. The second-order valence-corrected chi connectivity index (χ2v) is 7.52. The maximum Gasteiger partial charge on any atom is 0.340 e. The first kappa shape index (κ1) is 21.5. The second kappa shape index (κ2) is 9.94. The molecule has 6 nitrogen and oxygen atoms in total. The van der Waals surface area contributed by atoms with Crippen LogP contribution in [0.25, 0.3) is 0 Å². The van der Waals surface area contributed by atoms with Gasteiger partial charge in [0.15, 0.2) is 0 Å². The Bertz CT molecular complexity index is 837. The zero-order chi connectivity index (χ0) is 20.7. The molecule has 0 aromatic heterocycles. The van der Waals surface area contributed by atoms with Gasteiger partial charge >= 0.3 is 5.97 Å². The van der Waals surface area contributed by atoms with Gasteiger partial charge in [0.1, 0.15) is 0 Å². The van der Waals surface area contributed by atoms with Gasteiger partial charge < -0.3 is 14.5 Å². The average Bonchev–Trinajstić information content (AvgIpc) is 2.70. The first-order valence-corrected chi connectivity index (χ1v) is 9.69. The molecular formula is C21H24N2O4S. The van der Waals surface area contributed by atoms with Crippen LogP contribution in [-0.2, 0) is 14.3 Å². The number of rotatable bonds is 7. The van der Waals surface area contributed by atoms with Crippen molar-refractivity contribution < 1.29 is 19.1 Å². The molecule has 0 aliphatic carbocycles. The molecule has 0 N–H and O–H groups in total. The minimum Gasteiger partial charge on any atom is -0.444 e. The number of amides is 2. The lowest BCUT2D eigenvalue weighted by molar-refractivity contribution is -0.138. The zero-order valence-corrected chi connectivity index (χ0v) is 17.2. The summed E-state index contributed by atoms with van der Waals surface area (Å²) < 4.78 is 5.60. The monoisotopic (exact) mass is 400 g/mol.